The van der Waals surface area contributed by atoms with Crippen LogP contribution in [0.1, 0.15) is 5.82 Å². The number of carboxylic acid groups (broad SMARTS) is 1. The van der Waals surface area contributed by atoms with Crippen molar-refractivity contribution in [3.8, 4) is 0 Å². The number of carbonyl (C=O) groups is 1. The number of carboxylic acids is 1. The van der Waals surface area contributed by atoms with Crippen LogP contribution in [0.2, 0.25) is 0 Å². The van der Waals surface area contributed by atoms with Crippen molar-refractivity contribution in [2.24, 2.45) is 0 Å². The summed E-state index contributed by atoms with van der Waals surface area (Å²) in [5.74, 6) is -0.633. The lowest BCUT2D eigenvalue weighted by Crippen LogP contribution is -2.04. The van der Waals surface area contributed by atoms with Crippen molar-refractivity contribution in [3.63, 3.8) is 0 Å². The van der Waals surface area contributed by atoms with Crippen LogP contribution in [0.4, 0.5) is 0 Å². The summed E-state index contributed by atoms with van der Waals surface area (Å²) in [4.78, 5) is 22.3. The van der Waals surface area contributed by atoms with E-state index in [0.29, 0.717) is 11.3 Å². The standard InChI is InChI=1S/C9H7N3O2/c13-9(14)3-8-11-4-6-1-2-10-5-7(6)12-8/h1-2,4-5H,3H2,(H,13,14). The highest BCUT2D eigenvalue weighted by Gasteiger charge is 2.04. The van der Waals surface area contributed by atoms with Crippen LogP contribution in [0.3, 0.4) is 0 Å². The molecule has 0 spiro atoms. The van der Waals surface area contributed by atoms with E-state index < -0.39 is 5.97 Å². The van der Waals surface area contributed by atoms with Crippen LogP contribution in [-0.2, 0) is 11.2 Å². The molecule has 0 aliphatic heterocycles. The van der Waals surface area contributed by atoms with Crippen LogP contribution in [0.15, 0.2) is 24.7 Å². The maximum Gasteiger partial charge on any atom is 0.311 e. The van der Waals surface area contributed by atoms with Gasteiger partial charge in [-0.3, -0.25) is 9.78 Å². The molecule has 5 nitrogen and oxygen atoms in total. The number of fused-ring (bicyclic) bond motifs is 1. The summed E-state index contributed by atoms with van der Waals surface area (Å²) in [7, 11) is 0. The van der Waals surface area contributed by atoms with E-state index in [4.69, 9.17) is 5.11 Å². The number of hydrogen-bond acceptors (Lipinski definition) is 4. The van der Waals surface area contributed by atoms with Crippen molar-refractivity contribution in [2.75, 3.05) is 0 Å². The first-order valence-corrected chi connectivity index (χ1v) is 4.03. The molecule has 0 aromatic carbocycles. The normalized spacial score (nSPS) is 10.3. The smallest absolute Gasteiger partial charge is 0.311 e. The van der Waals surface area contributed by atoms with E-state index in [2.05, 4.69) is 15.0 Å². The molecule has 2 heterocycles. The summed E-state index contributed by atoms with van der Waals surface area (Å²) in [6.07, 6.45) is 4.66. The minimum Gasteiger partial charge on any atom is -0.481 e. The molecule has 0 aliphatic rings. The molecule has 14 heavy (non-hydrogen) atoms. The molecule has 0 radical (unpaired) electrons. The van der Waals surface area contributed by atoms with Crippen LogP contribution in [0.25, 0.3) is 10.9 Å². The van der Waals surface area contributed by atoms with Crippen molar-refractivity contribution < 1.29 is 9.90 Å². The van der Waals surface area contributed by atoms with E-state index in [9.17, 15) is 4.79 Å². The lowest BCUT2D eigenvalue weighted by atomic mass is 10.3. The third kappa shape index (κ3) is 1.66. The van der Waals surface area contributed by atoms with E-state index >= 15 is 0 Å². The van der Waals surface area contributed by atoms with Crippen LogP contribution >= 0.6 is 0 Å². The van der Waals surface area contributed by atoms with E-state index in [-0.39, 0.29) is 6.42 Å². The van der Waals surface area contributed by atoms with Crippen LogP contribution in [-0.4, -0.2) is 26.0 Å². The predicted molar refractivity (Wildman–Crippen MR) is 48.7 cm³/mol. The molecule has 0 unspecified atom stereocenters. The third-order valence-corrected chi connectivity index (χ3v) is 1.74. The minimum absolute atomic E-state index is 0.162. The maximum absolute atomic E-state index is 10.4. The van der Waals surface area contributed by atoms with Gasteiger partial charge < -0.3 is 5.11 Å². The molecule has 2 aromatic heterocycles. The fourth-order valence-corrected chi connectivity index (χ4v) is 1.13. The van der Waals surface area contributed by atoms with Gasteiger partial charge in [-0.2, -0.15) is 0 Å². The molecular weight excluding hydrogens is 182 g/mol. The van der Waals surface area contributed by atoms with Crippen LogP contribution in [0, 0.1) is 0 Å². The monoisotopic (exact) mass is 189 g/mol. The van der Waals surface area contributed by atoms with E-state index in [1.807, 2.05) is 0 Å². The fraction of sp³-hybridized carbons (Fsp3) is 0.111. The number of nitrogens with zero attached hydrogens (tertiary/aromatic N) is 3. The highest BCUT2D eigenvalue weighted by Crippen LogP contribution is 2.07. The second-order valence-electron chi connectivity index (χ2n) is 2.79. The molecular formula is C9H7N3O2. The number of rotatable bonds is 2. The molecule has 5 heteroatoms. The average Bonchev–Trinajstić information content (AvgIpc) is 2.17. The summed E-state index contributed by atoms with van der Waals surface area (Å²) < 4.78 is 0. The van der Waals surface area contributed by atoms with Crippen LogP contribution < -0.4 is 0 Å². The maximum atomic E-state index is 10.4. The van der Waals surface area contributed by atoms with Gasteiger partial charge in [0.25, 0.3) is 0 Å². The molecule has 0 atom stereocenters. The Labute approximate surface area is 79.5 Å². The van der Waals surface area contributed by atoms with Gasteiger partial charge in [0.2, 0.25) is 0 Å². The van der Waals surface area contributed by atoms with Gasteiger partial charge in [-0.05, 0) is 6.07 Å². The van der Waals surface area contributed by atoms with Gasteiger partial charge in [0, 0.05) is 17.8 Å². The highest BCUT2D eigenvalue weighted by molar-refractivity contribution is 5.77. The zero-order valence-electron chi connectivity index (χ0n) is 7.21. The SMILES string of the molecule is O=C(O)Cc1ncc2ccncc2n1. The Morgan fingerprint density at radius 3 is 3.07 bits per heavy atom. The Balaban J connectivity index is 2.46. The quantitative estimate of drug-likeness (QED) is 0.750. The van der Waals surface area contributed by atoms with Crippen molar-refractivity contribution in [3.05, 3.63) is 30.5 Å². The first kappa shape index (κ1) is 8.55. The number of pyridine rings is 1. The predicted octanol–water partition coefficient (Wildman–Crippen LogP) is 0.652. The molecule has 2 rings (SSSR count). The number of aromatic nitrogens is 3. The highest BCUT2D eigenvalue weighted by atomic mass is 16.4. The largest absolute Gasteiger partial charge is 0.481 e. The van der Waals surface area contributed by atoms with Crippen molar-refractivity contribution in [1.29, 1.82) is 0 Å². The molecule has 0 bridgehead atoms. The van der Waals surface area contributed by atoms with Gasteiger partial charge in [0.05, 0.1) is 11.7 Å². The molecule has 70 valence electrons. The summed E-state index contributed by atoms with van der Waals surface area (Å²) in [6, 6.07) is 1.78. The zero-order valence-corrected chi connectivity index (χ0v) is 7.21. The third-order valence-electron chi connectivity index (χ3n) is 1.74. The number of hydrogen-bond donors (Lipinski definition) is 1. The molecule has 1 N–H and O–H groups in total. The van der Waals surface area contributed by atoms with Gasteiger partial charge in [0.1, 0.15) is 12.2 Å². The Morgan fingerprint density at radius 2 is 2.29 bits per heavy atom. The molecule has 0 fully saturated rings. The molecule has 0 aliphatic carbocycles. The second-order valence-corrected chi connectivity index (χ2v) is 2.79. The first-order valence-electron chi connectivity index (χ1n) is 4.03. The summed E-state index contributed by atoms with van der Waals surface area (Å²) in [6.45, 7) is 0. The summed E-state index contributed by atoms with van der Waals surface area (Å²) >= 11 is 0. The van der Waals surface area contributed by atoms with Gasteiger partial charge in [0.15, 0.2) is 0 Å². The van der Waals surface area contributed by atoms with Crippen molar-refractivity contribution in [2.45, 2.75) is 6.42 Å². The Kier molecular flexibility index (Phi) is 2.06. The van der Waals surface area contributed by atoms with E-state index in [1.165, 1.54) is 0 Å². The molecule has 0 saturated carbocycles. The molecule has 2 aromatic rings. The number of aliphatic carboxylic acids is 1. The summed E-state index contributed by atoms with van der Waals surface area (Å²) in [5.41, 5.74) is 0.666. The van der Waals surface area contributed by atoms with E-state index in [0.717, 1.165) is 5.39 Å². The fourth-order valence-electron chi connectivity index (χ4n) is 1.13. The van der Waals surface area contributed by atoms with Gasteiger partial charge in [-0.25, -0.2) is 9.97 Å². The Hall–Kier alpha value is -2.04. The molecule has 0 saturated heterocycles. The zero-order chi connectivity index (χ0) is 9.97. The Morgan fingerprint density at radius 1 is 1.43 bits per heavy atom. The Bertz CT molecular complexity index is 484. The average molecular weight is 189 g/mol. The van der Waals surface area contributed by atoms with Gasteiger partial charge in [-0.15, -0.1) is 0 Å². The minimum atomic E-state index is -0.937. The lowest BCUT2D eigenvalue weighted by Gasteiger charge is -1.98. The first-order chi connectivity index (χ1) is 6.75. The van der Waals surface area contributed by atoms with Crippen LogP contribution in [0.5, 0.6) is 0 Å². The van der Waals surface area contributed by atoms with Gasteiger partial charge >= 0.3 is 5.97 Å². The van der Waals surface area contributed by atoms with Crippen molar-refractivity contribution >= 4 is 16.9 Å². The van der Waals surface area contributed by atoms with Crippen molar-refractivity contribution in [1.82, 2.24) is 15.0 Å². The second kappa shape index (κ2) is 3.37. The van der Waals surface area contributed by atoms with E-state index in [1.54, 1.807) is 24.7 Å². The molecule has 0 amide bonds. The van der Waals surface area contributed by atoms with Gasteiger partial charge in [-0.1, -0.05) is 0 Å². The topological polar surface area (TPSA) is 76.0 Å². The lowest BCUT2D eigenvalue weighted by molar-refractivity contribution is -0.136. The summed E-state index contributed by atoms with van der Waals surface area (Å²) in [5, 5.41) is 9.40.